The minimum Gasteiger partial charge on any atom is -0.461 e. The Labute approximate surface area is 144 Å². The Morgan fingerprint density at radius 2 is 1.71 bits per heavy atom. The van der Waals surface area contributed by atoms with Crippen molar-refractivity contribution >= 4 is 11.9 Å². The van der Waals surface area contributed by atoms with Gasteiger partial charge in [-0.15, -0.1) is 0 Å². The van der Waals surface area contributed by atoms with Gasteiger partial charge in [0.1, 0.15) is 12.2 Å². The molecule has 1 aliphatic carbocycles. The zero-order valence-electron chi connectivity index (χ0n) is 15.1. The Kier molecular flexibility index (Phi) is 6.03. The van der Waals surface area contributed by atoms with E-state index in [9.17, 15) is 9.59 Å². The van der Waals surface area contributed by atoms with E-state index in [1.54, 1.807) is 0 Å². The zero-order valence-corrected chi connectivity index (χ0v) is 15.1. The van der Waals surface area contributed by atoms with Gasteiger partial charge in [0.15, 0.2) is 0 Å². The maximum absolute atomic E-state index is 12.8. The summed E-state index contributed by atoms with van der Waals surface area (Å²) in [5.41, 5.74) is 1.43. The maximum Gasteiger partial charge on any atom is 0.314 e. The molecule has 1 aliphatic rings. The number of carbonyl (C=O) groups excluding carboxylic acids is 2. The van der Waals surface area contributed by atoms with Crippen molar-refractivity contribution in [3.05, 3.63) is 35.4 Å². The highest BCUT2D eigenvalue weighted by Gasteiger charge is 2.35. The van der Waals surface area contributed by atoms with Gasteiger partial charge in [-0.05, 0) is 50.7 Å². The van der Waals surface area contributed by atoms with E-state index >= 15 is 0 Å². The van der Waals surface area contributed by atoms with Crippen molar-refractivity contribution in [1.82, 2.24) is 0 Å². The van der Waals surface area contributed by atoms with E-state index in [1.165, 1.54) is 19.8 Å². The van der Waals surface area contributed by atoms with Crippen LogP contribution in [-0.4, -0.2) is 17.5 Å². The molecule has 0 spiro atoms. The first-order valence-corrected chi connectivity index (χ1v) is 8.71. The Morgan fingerprint density at radius 3 is 2.21 bits per heavy atom. The highest BCUT2D eigenvalue weighted by molar-refractivity contribution is 5.79. The van der Waals surface area contributed by atoms with Crippen LogP contribution in [0.4, 0.5) is 0 Å². The summed E-state index contributed by atoms with van der Waals surface area (Å²) in [7, 11) is 0. The molecular formula is C20H28O4. The second-order valence-electron chi connectivity index (χ2n) is 7.58. The predicted molar refractivity (Wildman–Crippen MR) is 92.5 cm³/mol. The second-order valence-corrected chi connectivity index (χ2v) is 7.58. The summed E-state index contributed by atoms with van der Waals surface area (Å²) in [5.74, 6) is -0.299. The average Bonchev–Trinajstić information content (AvgIpc) is 2.98. The van der Waals surface area contributed by atoms with E-state index in [4.69, 9.17) is 9.47 Å². The molecule has 0 amide bonds. The van der Waals surface area contributed by atoms with Crippen molar-refractivity contribution in [3.8, 4) is 0 Å². The van der Waals surface area contributed by atoms with Crippen molar-refractivity contribution in [2.75, 3.05) is 0 Å². The van der Waals surface area contributed by atoms with E-state index < -0.39 is 5.60 Å². The molecule has 1 aromatic rings. The molecule has 1 saturated carbocycles. The van der Waals surface area contributed by atoms with Crippen LogP contribution >= 0.6 is 0 Å². The first-order chi connectivity index (χ1) is 11.3. The van der Waals surface area contributed by atoms with E-state index in [2.05, 4.69) is 0 Å². The molecule has 132 valence electrons. The quantitative estimate of drug-likeness (QED) is 0.752. The summed E-state index contributed by atoms with van der Waals surface area (Å²) in [5, 5.41) is 0. The molecule has 1 aromatic carbocycles. The smallest absolute Gasteiger partial charge is 0.314 e. The first kappa shape index (κ1) is 18.5. The minimum absolute atomic E-state index is 0.137. The fourth-order valence-electron chi connectivity index (χ4n) is 3.26. The SMILES string of the molecule is CC(=O)OCc1ccc(C(C(=O)OC(C)(C)C)C2CCCC2)cc1. The number of hydrogen-bond donors (Lipinski definition) is 0. The third-order valence-corrected chi connectivity index (χ3v) is 4.31. The lowest BCUT2D eigenvalue weighted by Gasteiger charge is -2.27. The van der Waals surface area contributed by atoms with Gasteiger partial charge in [-0.1, -0.05) is 37.1 Å². The van der Waals surface area contributed by atoms with E-state index in [1.807, 2.05) is 45.0 Å². The molecule has 24 heavy (non-hydrogen) atoms. The summed E-state index contributed by atoms with van der Waals surface area (Å²) in [6.45, 7) is 7.36. The second kappa shape index (κ2) is 7.82. The molecular weight excluding hydrogens is 304 g/mol. The largest absolute Gasteiger partial charge is 0.461 e. The van der Waals surface area contributed by atoms with Crippen LogP contribution in [0.25, 0.3) is 0 Å². The molecule has 0 heterocycles. The van der Waals surface area contributed by atoms with Gasteiger partial charge in [0.05, 0.1) is 5.92 Å². The van der Waals surface area contributed by atoms with Gasteiger partial charge in [-0.25, -0.2) is 0 Å². The number of hydrogen-bond acceptors (Lipinski definition) is 4. The van der Waals surface area contributed by atoms with E-state index in [0.29, 0.717) is 5.92 Å². The Balaban J connectivity index is 2.17. The number of esters is 2. The molecule has 0 saturated heterocycles. The number of carbonyl (C=O) groups is 2. The monoisotopic (exact) mass is 332 g/mol. The van der Waals surface area contributed by atoms with Gasteiger partial charge in [-0.3, -0.25) is 9.59 Å². The summed E-state index contributed by atoms with van der Waals surface area (Å²) >= 11 is 0. The van der Waals surface area contributed by atoms with Crippen LogP contribution in [0.2, 0.25) is 0 Å². The lowest BCUT2D eigenvalue weighted by Crippen LogP contribution is -2.30. The van der Waals surface area contributed by atoms with Crippen LogP contribution in [0, 0.1) is 5.92 Å². The Bertz CT molecular complexity index is 562. The van der Waals surface area contributed by atoms with Gasteiger partial charge >= 0.3 is 11.9 Å². The normalized spacial score (nSPS) is 16.7. The van der Waals surface area contributed by atoms with Crippen LogP contribution in [0.3, 0.4) is 0 Å². The topological polar surface area (TPSA) is 52.6 Å². The Morgan fingerprint density at radius 1 is 1.12 bits per heavy atom. The third-order valence-electron chi connectivity index (χ3n) is 4.31. The lowest BCUT2D eigenvalue weighted by molar-refractivity contribution is -0.158. The molecule has 0 radical (unpaired) electrons. The molecule has 1 atom stereocenters. The molecule has 0 aliphatic heterocycles. The predicted octanol–water partition coefficient (Wildman–Crippen LogP) is 4.37. The number of ether oxygens (including phenoxy) is 2. The molecule has 4 heteroatoms. The van der Waals surface area contributed by atoms with E-state index in [-0.39, 0.29) is 24.5 Å². The van der Waals surface area contributed by atoms with Gasteiger partial charge in [-0.2, -0.15) is 0 Å². The third kappa shape index (κ3) is 5.36. The van der Waals surface area contributed by atoms with Gasteiger partial charge in [0.2, 0.25) is 0 Å². The highest BCUT2D eigenvalue weighted by atomic mass is 16.6. The van der Waals surface area contributed by atoms with Gasteiger partial charge < -0.3 is 9.47 Å². The average molecular weight is 332 g/mol. The van der Waals surface area contributed by atoms with Gasteiger partial charge in [0.25, 0.3) is 0 Å². The highest BCUT2D eigenvalue weighted by Crippen LogP contribution is 2.39. The molecule has 1 fully saturated rings. The summed E-state index contributed by atoms with van der Waals surface area (Å²) in [4.78, 5) is 23.7. The molecule has 0 aromatic heterocycles. The van der Waals surface area contributed by atoms with Crippen molar-refractivity contribution < 1.29 is 19.1 Å². The molecule has 1 unspecified atom stereocenters. The summed E-state index contributed by atoms with van der Waals surface area (Å²) in [6.07, 6.45) is 4.49. The summed E-state index contributed by atoms with van der Waals surface area (Å²) in [6, 6.07) is 7.77. The minimum atomic E-state index is -0.483. The number of rotatable bonds is 5. The van der Waals surface area contributed by atoms with Crippen molar-refractivity contribution in [2.24, 2.45) is 5.92 Å². The fraction of sp³-hybridized carbons (Fsp3) is 0.600. The zero-order chi connectivity index (χ0) is 17.7. The van der Waals surface area contributed by atoms with E-state index in [0.717, 1.165) is 24.0 Å². The Hall–Kier alpha value is -1.84. The van der Waals surface area contributed by atoms with Crippen LogP contribution < -0.4 is 0 Å². The van der Waals surface area contributed by atoms with Crippen LogP contribution in [0.15, 0.2) is 24.3 Å². The maximum atomic E-state index is 12.8. The molecule has 4 nitrogen and oxygen atoms in total. The van der Waals surface area contributed by atoms with Crippen molar-refractivity contribution in [2.45, 2.75) is 71.5 Å². The number of benzene rings is 1. The van der Waals surface area contributed by atoms with Crippen LogP contribution in [0.5, 0.6) is 0 Å². The van der Waals surface area contributed by atoms with Crippen molar-refractivity contribution in [3.63, 3.8) is 0 Å². The van der Waals surface area contributed by atoms with Crippen LogP contribution in [0.1, 0.15) is 70.4 Å². The van der Waals surface area contributed by atoms with Crippen LogP contribution in [-0.2, 0) is 25.7 Å². The molecule has 2 rings (SSSR count). The first-order valence-electron chi connectivity index (χ1n) is 8.71. The molecule has 0 N–H and O–H groups in total. The van der Waals surface area contributed by atoms with Gasteiger partial charge in [0, 0.05) is 6.92 Å². The summed E-state index contributed by atoms with van der Waals surface area (Å²) < 4.78 is 10.7. The molecule has 0 bridgehead atoms. The van der Waals surface area contributed by atoms with Crippen molar-refractivity contribution in [1.29, 1.82) is 0 Å². The lowest BCUT2D eigenvalue weighted by atomic mass is 9.84. The fourth-order valence-corrected chi connectivity index (χ4v) is 3.26. The standard InChI is InChI=1S/C20H28O4/c1-14(21)23-13-15-9-11-17(12-10-15)18(16-7-5-6-8-16)19(22)24-20(2,3)4/h9-12,16,18H,5-8,13H2,1-4H3.